The number of hydrogen-bond donors (Lipinski definition) is 0. The molecule has 0 aromatic heterocycles. The molecule has 1 aliphatic rings. The Morgan fingerprint density at radius 3 is 1.95 bits per heavy atom. The Morgan fingerprint density at radius 2 is 1.32 bits per heavy atom. The zero-order chi connectivity index (χ0) is 13.1. The number of nitrogens with zero attached hydrogens (tertiary/aromatic N) is 2. The predicted octanol–water partition coefficient (Wildman–Crippen LogP) is 2.73. The SMILES string of the molecule is O=C1[N]N=CC(c2ccccc2)=C1c1ccccc1. The Bertz CT molecular complexity index is 658. The molecule has 0 aliphatic carbocycles. The van der Waals surface area contributed by atoms with E-state index in [9.17, 15) is 4.79 Å². The zero-order valence-corrected chi connectivity index (χ0v) is 10.2. The van der Waals surface area contributed by atoms with Gasteiger partial charge in [-0.05, 0) is 11.1 Å². The first kappa shape index (κ1) is 11.4. The third-order valence-corrected chi connectivity index (χ3v) is 2.97. The van der Waals surface area contributed by atoms with Gasteiger partial charge in [0.2, 0.25) is 0 Å². The summed E-state index contributed by atoms with van der Waals surface area (Å²) in [6, 6.07) is 19.3. The van der Waals surface area contributed by atoms with Crippen molar-refractivity contribution in [2.75, 3.05) is 0 Å². The van der Waals surface area contributed by atoms with Crippen molar-refractivity contribution in [3.63, 3.8) is 0 Å². The van der Waals surface area contributed by atoms with Crippen molar-refractivity contribution < 1.29 is 4.79 Å². The number of carbonyl (C=O) groups excluding carboxylic acids is 1. The standard InChI is InChI=1S/C16H11N2O/c19-16-15(13-9-5-2-6-10-13)14(11-17-18-16)12-7-3-1-4-8-12/h1-11H. The highest BCUT2D eigenvalue weighted by molar-refractivity contribution is 6.37. The second kappa shape index (κ2) is 4.90. The van der Waals surface area contributed by atoms with Crippen molar-refractivity contribution in [3.8, 4) is 0 Å². The van der Waals surface area contributed by atoms with E-state index in [0.717, 1.165) is 16.7 Å². The van der Waals surface area contributed by atoms with Crippen LogP contribution in [0.25, 0.3) is 11.1 Å². The fraction of sp³-hybridized carbons (Fsp3) is 0. The highest BCUT2D eigenvalue weighted by Gasteiger charge is 2.21. The van der Waals surface area contributed by atoms with Crippen LogP contribution in [0.5, 0.6) is 0 Å². The molecule has 1 amide bonds. The van der Waals surface area contributed by atoms with E-state index in [0.29, 0.717) is 5.57 Å². The van der Waals surface area contributed by atoms with Crippen LogP contribution in [-0.4, -0.2) is 12.1 Å². The minimum atomic E-state index is -0.299. The van der Waals surface area contributed by atoms with Crippen LogP contribution in [0.4, 0.5) is 0 Å². The number of carbonyl (C=O) groups is 1. The highest BCUT2D eigenvalue weighted by Crippen LogP contribution is 2.27. The Labute approximate surface area is 111 Å². The molecule has 1 heterocycles. The van der Waals surface area contributed by atoms with E-state index >= 15 is 0 Å². The van der Waals surface area contributed by atoms with E-state index in [1.165, 1.54) is 0 Å². The molecule has 1 radical (unpaired) electrons. The van der Waals surface area contributed by atoms with Crippen molar-refractivity contribution in [2.24, 2.45) is 5.10 Å². The molecule has 2 aromatic rings. The van der Waals surface area contributed by atoms with Crippen molar-refractivity contribution in [2.45, 2.75) is 0 Å². The third kappa shape index (κ3) is 2.18. The molecule has 0 fully saturated rings. The average Bonchev–Trinajstić information content (AvgIpc) is 2.49. The summed E-state index contributed by atoms with van der Waals surface area (Å²) in [7, 11) is 0. The van der Waals surface area contributed by atoms with E-state index in [1.54, 1.807) is 6.21 Å². The average molecular weight is 247 g/mol. The lowest BCUT2D eigenvalue weighted by Gasteiger charge is -2.14. The molecule has 3 nitrogen and oxygen atoms in total. The molecule has 91 valence electrons. The second-order valence-corrected chi connectivity index (χ2v) is 4.17. The smallest absolute Gasteiger partial charge is 0.265 e. The lowest BCUT2D eigenvalue weighted by Crippen LogP contribution is -2.18. The summed E-state index contributed by atoms with van der Waals surface area (Å²) in [6.45, 7) is 0. The normalized spacial score (nSPS) is 14.4. The molecular weight excluding hydrogens is 236 g/mol. The topological polar surface area (TPSA) is 43.5 Å². The van der Waals surface area contributed by atoms with Gasteiger partial charge in [-0.3, -0.25) is 4.79 Å². The molecule has 0 bridgehead atoms. The van der Waals surface area contributed by atoms with Gasteiger partial charge in [-0.15, -0.1) is 5.43 Å². The van der Waals surface area contributed by atoms with E-state index in [4.69, 9.17) is 0 Å². The van der Waals surface area contributed by atoms with Gasteiger partial charge in [0.05, 0.1) is 11.8 Å². The molecule has 19 heavy (non-hydrogen) atoms. The van der Waals surface area contributed by atoms with Crippen LogP contribution in [0.3, 0.4) is 0 Å². The molecule has 2 aromatic carbocycles. The maximum absolute atomic E-state index is 12.0. The van der Waals surface area contributed by atoms with Gasteiger partial charge in [-0.1, -0.05) is 60.7 Å². The van der Waals surface area contributed by atoms with Crippen LogP contribution in [0.2, 0.25) is 0 Å². The molecule has 0 saturated carbocycles. The zero-order valence-electron chi connectivity index (χ0n) is 10.2. The van der Waals surface area contributed by atoms with E-state index < -0.39 is 0 Å². The van der Waals surface area contributed by atoms with Crippen LogP contribution < -0.4 is 5.43 Å². The first-order valence-electron chi connectivity index (χ1n) is 6.00. The van der Waals surface area contributed by atoms with Gasteiger partial charge in [0, 0.05) is 5.57 Å². The van der Waals surface area contributed by atoms with Gasteiger partial charge in [0.15, 0.2) is 0 Å². The first-order valence-corrected chi connectivity index (χ1v) is 6.00. The first-order chi connectivity index (χ1) is 9.36. The summed E-state index contributed by atoms with van der Waals surface area (Å²) in [5, 5.41) is 3.78. The predicted molar refractivity (Wildman–Crippen MR) is 75.3 cm³/mol. The summed E-state index contributed by atoms with van der Waals surface area (Å²) >= 11 is 0. The van der Waals surface area contributed by atoms with E-state index in [2.05, 4.69) is 10.5 Å². The van der Waals surface area contributed by atoms with Crippen molar-refractivity contribution in [1.82, 2.24) is 5.43 Å². The molecular formula is C16H11N2O. The fourth-order valence-electron chi connectivity index (χ4n) is 2.09. The van der Waals surface area contributed by atoms with Gasteiger partial charge in [0.25, 0.3) is 5.91 Å². The maximum atomic E-state index is 12.0. The Balaban J connectivity index is 2.21. The van der Waals surface area contributed by atoms with Crippen LogP contribution in [0, 0.1) is 0 Å². The number of benzene rings is 2. The fourth-order valence-corrected chi connectivity index (χ4v) is 2.09. The molecule has 0 N–H and O–H groups in total. The molecule has 0 unspecified atom stereocenters. The maximum Gasteiger partial charge on any atom is 0.296 e. The molecule has 1 aliphatic heterocycles. The van der Waals surface area contributed by atoms with Crippen molar-refractivity contribution in [1.29, 1.82) is 0 Å². The number of allylic oxidation sites excluding steroid dienone is 1. The van der Waals surface area contributed by atoms with Crippen LogP contribution in [-0.2, 0) is 4.79 Å². The molecule has 0 saturated heterocycles. The molecule has 0 atom stereocenters. The summed E-state index contributed by atoms with van der Waals surface area (Å²) < 4.78 is 0. The Morgan fingerprint density at radius 1 is 0.737 bits per heavy atom. The van der Waals surface area contributed by atoms with Gasteiger partial charge >= 0.3 is 0 Å². The van der Waals surface area contributed by atoms with Crippen molar-refractivity contribution in [3.05, 3.63) is 71.8 Å². The number of rotatable bonds is 2. The quantitative estimate of drug-likeness (QED) is 0.804. The van der Waals surface area contributed by atoms with Gasteiger partial charge in [-0.25, -0.2) is 0 Å². The van der Waals surface area contributed by atoms with Crippen molar-refractivity contribution >= 4 is 23.3 Å². The number of amides is 1. The van der Waals surface area contributed by atoms with Crippen LogP contribution >= 0.6 is 0 Å². The minimum Gasteiger partial charge on any atom is -0.265 e. The third-order valence-electron chi connectivity index (χ3n) is 2.97. The van der Waals surface area contributed by atoms with E-state index in [1.807, 2.05) is 60.7 Å². The Kier molecular flexibility index (Phi) is 2.94. The second-order valence-electron chi connectivity index (χ2n) is 4.17. The Hall–Kier alpha value is -2.68. The summed E-state index contributed by atoms with van der Waals surface area (Å²) in [5.74, 6) is -0.299. The van der Waals surface area contributed by atoms with Gasteiger partial charge < -0.3 is 0 Å². The molecule has 3 rings (SSSR count). The highest BCUT2D eigenvalue weighted by atomic mass is 16.2. The largest absolute Gasteiger partial charge is 0.296 e. The van der Waals surface area contributed by atoms with E-state index in [-0.39, 0.29) is 5.91 Å². The monoisotopic (exact) mass is 247 g/mol. The molecule has 0 spiro atoms. The minimum absolute atomic E-state index is 0.299. The summed E-state index contributed by atoms with van der Waals surface area (Å²) in [5.41, 5.74) is 6.88. The van der Waals surface area contributed by atoms with Gasteiger partial charge in [-0.2, -0.15) is 5.10 Å². The van der Waals surface area contributed by atoms with Crippen LogP contribution in [0.1, 0.15) is 11.1 Å². The summed E-state index contributed by atoms with van der Waals surface area (Å²) in [4.78, 5) is 12.0. The number of hydrogen-bond acceptors (Lipinski definition) is 2. The van der Waals surface area contributed by atoms with Crippen LogP contribution in [0.15, 0.2) is 65.8 Å². The lowest BCUT2D eigenvalue weighted by atomic mass is 9.94. The summed E-state index contributed by atoms with van der Waals surface area (Å²) in [6.07, 6.45) is 1.64. The lowest BCUT2D eigenvalue weighted by molar-refractivity contribution is -0.115. The molecule has 3 heteroatoms. The van der Waals surface area contributed by atoms with Gasteiger partial charge in [0.1, 0.15) is 0 Å².